The number of nitrogens with two attached hydrogens (primary N) is 1. The van der Waals surface area contributed by atoms with Crippen LogP contribution < -0.4 is 5.73 Å². The van der Waals surface area contributed by atoms with E-state index in [1.54, 1.807) is 0 Å². The first-order valence-corrected chi connectivity index (χ1v) is 9.57. The zero-order valence-corrected chi connectivity index (χ0v) is 15.4. The summed E-state index contributed by atoms with van der Waals surface area (Å²) in [5.74, 6) is 0.530. The molecule has 0 aromatic carbocycles. The SMILES string of the molecule is CC(CN1CC2(C)CC1CC(C)(C)C2)c1nc(CCN)cs1. The molecule has 1 saturated heterocycles. The molecule has 1 aliphatic heterocycles. The van der Waals surface area contributed by atoms with Gasteiger partial charge in [-0.05, 0) is 36.6 Å². The maximum Gasteiger partial charge on any atom is 0.0969 e. The van der Waals surface area contributed by atoms with E-state index in [0.717, 1.165) is 19.0 Å². The van der Waals surface area contributed by atoms with Crippen LogP contribution in [0.25, 0.3) is 0 Å². The Morgan fingerprint density at radius 2 is 2.18 bits per heavy atom. The van der Waals surface area contributed by atoms with Crippen LogP contribution in [0.1, 0.15) is 63.6 Å². The van der Waals surface area contributed by atoms with Crippen molar-refractivity contribution in [2.24, 2.45) is 16.6 Å². The van der Waals surface area contributed by atoms with Crippen LogP contribution in [0.4, 0.5) is 0 Å². The lowest BCUT2D eigenvalue weighted by Gasteiger charge is -2.40. The van der Waals surface area contributed by atoms with E-state index >= 15 is 0 Å². The highest BCUT2D eigenvalue weighted by molar-refractivity contribution is 7.09. The number of hydrogen-bond donors (Lipinski definition) is 1. The number of hydrogen-bond acceptors (Lipinski definition) is 4. The average Bonchev–Trinajstić information content (AvgIpc) is 2.92. The molecule has 2 bridgehead atoms. The molecule has 0 spiro atoms. The van der Waals surface area contributed by atoms with Gasteiger partial charge in [0.1, 0.15) is 0 Å². The topological polar surface area (TPSA) is 42.2 Å². The van der Waals surface area contributed by atoms with Crippen molar-refractivity contribution in [3.8, 4) is 0 Å². The van der Waals surface area contributed by atoms with E-state index in [1.807, 2.05) is 11.3 Å². The third-order valence-electron chi connectivity index (χ3n) is 5.42. The van der Waals surface area contributed by atoms with Crippen molar-refractivity contribution in [2.45, 2.75) is 65.3 Å². The fourth-order valence-corrected chi connectivity index (χ4v) is 5.94. The number of rotatable bonds is 5. The monoisotopic (exact) mass is 321 g/mol. The predicted molar refractivity (Wildman–Crippen MR) is 94.4 cm³/mol. The van der Waals surface area contributed by atoms with Gasteiger partial charge in [-0.1, -0.05) is 27.7 Å². The number of thiazole rings is 1. The standard InChI is InChI=1S/C18H31N3S/c1-13(16-20-14(5-6-19)10-22-16)9-21-12-18(4)8-15(21)7-17(2,3)11-18/h10,13,15H,5-9,11-12,19H2,1-4H3. The normalized spacial score (nSPS) is 32.3. The Hall–Kier alpha value is -0.450. The Morgan fingerprint density at radius 1 is 1.41 bits per heavy atom. The van der Waals surface area contributed by atoms with Gasteiger partial charge in [0.25, 0.3) is 0 Å². The van der Waals surface area contributed by atoms with Crippen molar-refractivity contribution in [2.75, 3.05) is 19.6 Å². The summed E-state index contributed by atoms with van der Waals surface area (Å²) >= 11 is 1.81. The van der Waals surface area contributed by atoms with E-state index in [9.17, 15) is 0 Å². The number of nitrogens with zero attached hydrogens (tertiary/aromatic N) is 2. The molecule has 22 heavy (non-hydrogen) atoms. The van der Waals surface area contributed by atoms with Crippen molar-refractivity contribution in [3.63, 3.8) is 0 Å². The molecule has 3 unspecified atom stereocenters. The molecule has 2 heterocycles. The van der Waals surface area contributed by atoms with Crippen LogP contribution in [-0.4, -0.2) is 35.6 Å². The molecule has 1 aromatic rings. The molecule has 0 amide bonds. The van der Waals surface area contributed by atoms with Crippen molar-refractivity contribution < 1.29 is 0 Å². The highest BCUT2D eigenvalue weighted by atomic mass is 32.1. The van der Waals surface area contributed by atoms with Crippen LogP contribution in [0.15, 0.2) is 5.38 Å². The molecule has 0 radical (unpaired) electrons. The highest BCUT2D eigenvalue weighted by Crippen LogP contribution is 2.52. The van der Waals surface area contributed by atoms with E-state index in [1.165, 1.54) is 36.5 Å². The summed E-state index contributed by atoms with van der Waals surface area (Å²) in [5.41, 5.74) is 7.83. The summed E-state index contributed by atoms with van der Waals surface area (Å²) in [6.45, 7) is 12.8. The van der Waals surface area contributed by atoms with Gasteiger partial charge < -0.3 is 5.73 Å². The smallest absolute Gasteiger partial charge is 0.0969 e. The molecule has 2 N–H and O–H groups in total. The molecule has 3 rings (SSSR count). The molecule has 4 heteroatoms. The van der Waals surface area contributed by atoms with Crippen LogP contribution in [0, 0.1) is 10.8 Å². The largest absolute Gasteiger partial charge is 0.330 e. The van der Waals surface area contributed by atoms with Crippen molar-refractivity contribution in [1.82, 2.24) is 9.88 Å². The second-order valence-corrected chi connectivity index (χ2v) is 9.65. The molecule has 2 aliphatic rings. The molecule has 1 aliphatic carbocycles. The lowest BCUT2D eigenvalue weighted by atomic mass is 9.65. The summed E-state index contributed by atoms with van der Waals surface area (Å²) in [7, 11) is 0. The lowest BCUT2D eigenvalue weighted by molar-refractivity contribution is 0.126. The Kier molecular flexibility index (Phi) is 4.39. The van der Waals surface area contributed by atoms with Gasteiger partial charge >= 0.3 is 0 Å². The summed E-state index contributed by atoms with van der Waals surface area (Å²) in [6, 6.07) is 0.777. The second-order valence-electron chi connectivity index (χ2n) is 8.76. The fourth-order valence-electron chi connectivity index (χ4n) is 5.03. The van der Waals surface area contributed by atoms with Crippen molar-refractivity contribution in [3.05, 3.63) is 16.1 Å². The van der Waals surface area contributed by atoms with Crippen LogP contribution >= 0.6 is 11.3 Å². The Morgan fingerprint density at radius 3 is 2.91 bits per heavy atom. The molecule has 3 atom stereocenters. The summed E-state index contributed by atoms with van der Waals surface area (Å²) in [4.78, 5) is 7.54. The fraction of sp³-hybridized carbons (Fsp3) is 0.833. The number of aromatic nitrogens is 1. The Labute approximate surface area is 139 Å². The molecule has 2 fully saturated rings. The van der Waals surface area contributed by atoms with Gasteiger partial charge in [-0.3, -0.25) is 4.90 Å². The quantitative estimate of drug-likeness (QED) is 0.900. The van der Waals surface area contributed by atoms with Crippen molar-refractivity contribution >= 4 is 11.3 Å². The molecular weight excluding hydrogens is 290 g/mol. The first-order valence-electron chi connectivity index (χ1n) is 8.69. The third kappa shape index (κ3) is 3.39. The van der Waals surface area contributed by atoms with Crippen LogP contribution in [0.5, 0.6) is 0 Å². The van der Waals surface area contributed by atoms with Crippen LogP contribution in [0.2, 0.25) is 0 Å². The first kappa shape index (κ1) is 16.4. The van der Waals surface area contributed by atoms with Gasteiger partial charge in [0.2, 0.25) is 0 Å². The molecule has 3 nitrogen and oxygen atoms in total. The van der Waals surface area contributed by atoms with Gasteiger partial charge in [-0.2, -0.15) is 0 Å². The van der Waals surface area contributed by atoms with Gasteiger partial charge in [-0.25, -0.2) is 4.98 Å². The number of fused-ring (bicyclic) bond motifs is 2. The van der Waals surface area contributed by atoms with Crippen LogP contribution in [-0.2, 0) is 6.42 Å². The third-order valence-corrected chi connectivity index (χ3v) is 6.55. The van der Waals surface area contributed by atoms with E-state index in [2.05, 4.69) is 38.0 Å². The molecule has 124 valence electrons. The number of likely N-dealkylation sites (tertiary alicyclic amines) is 1. The summed E-state index contributed by atoms with van der Waals surface area (Å²) < 4.78 is 0. The zero-order valence-electron chi connectivity index (χ0n) is 14.6. The van der Waals surface area contributed by atoms with E-state index in [4.69, 9.17) is 10.7 Å². The minimum Gasteiger partial charge on any atom is -0.330 e. The minimum atomic E-state index is 0.505. The van der Waals surface area contributed by atoms with Gasteiger partial charge in [0.05, 0.1) is 10.7 Å². The maximum absolute atomic E-state index is 5.63. The Balaban J connectivity index is 1.65. The summed E-state index contributed by atoms with van der Waals surface area (Å²) in [5, 5.41) is 3.47. The van der Waals surface area contributed by atoms with Crippen LogP contribution in [0.3, 0.4) is 0 Å². The highest BCUT2D eigenvalue weighted by Gasteiger charge is 2.49. The maximum atomic E-state index is 5.63. The van der Waals surface area contributed by atoms with Gasteiger partial charge in [0.15, 0.2) is 0 Å². The van der Waals surface area contributed by atoms with Gasteiger partial charge in [0, 0.05) is 36.9 Å². The van der Waals surface area contributed by atoms with Gasteiger partial charge in [-0.15, -0.1) is 11.3 Å². The molecule has 1 saturated carbocycles. The first-order chi connectivity index (χ1) is 10.3. The predicted octanol–water partition coefficient (Wildman–Crippen LogP) is 3.65. The van der Waals surface area contributed by atoms with Crippen molar-refractivity contribution in [1.29, 1.82) is 0 Å². The van der Waals surface area contributed by atoms with E-state index in [-0.39, 0.29) is 0 Å². The second kappa shape index (κ2) is 5.88. The molecular formula is C18H31N3S. The lowest BCUT2D eigenvalue weighted by Crippen LogP contribution is -2.36. The summed E-state index contributed by atoms with van der Waals surface area (Å²) in [6.07, 6.45) is 5.02. The molecule has 1 aromatic heterocycles. The zero-order chi connectivity index (χ0) is 16.0. The average molecular weight is 322 g/mol. The Bertz CT molecular complexity index is 524. The van der Waals surface area contributed by atoms with E-state index < -0.39 is 0 Å². The van der Waals surface area contributed by atoms with E-state index in [0.29, 0.717) is 23.3 Å². The minimum absolute atomic E-state index is 0.505.